The van der Waals surface area contributed by atoms with Crippen LogP contribution in [0, 0.1) is 0 Å². The molecule has 0 saturated carbocycles. The van der Waals surface area contributed by atoms with Gasteiger partial charge in [0.05, 0.1) is 11.5 Å². The molecule has 1 unspecified atom stereocenters. The van der Waals surface area contributed by atoms with Crippen molar-refractivity contribution < 1.29 is 0 Å². The van der Waals surface area contributed by atoms with E-state index in [1.807, 2.05) is 6.92 Å². The van der Waals surface area contributed by atoms with Gasteiger partial charge >= 0.3 is 0 Å². The number of thiol groups is 1. The number of aliphatic imine (C=N–C) groups is 1. The minimum Gasteiger partial charge on any atom is -0.387 e. The van der Waals surface area contributed by atoms with Crippen LogP contribution in [0.3, 0.4) is 0 Å². The molecule has 1 rings (SSSR count). The number of allylic oxidation sites excluding steroid dienone is 1. The highest BCUT2D eigenvalue weighted by atomic mass is 32.1. The highest BCUT2D eigenvalue weighted by Gasteiger charge is 2.18. The number of amidine groups is 1. The van der Waals surface area contributed by atoms with Gasteiger partial charge in [0.15, 0.2) is 0 Å². The quantitative estimate of drug-likeness (QED) is 0.391. The number of nitrogens with two attached hydrogens (primary N) is 1. The fraction of sp³-hybridized carbons (Fsp3) is 0.727. The van der Waals surface area contributed by atoms with Crippen molar-refractivity contribution in [3.63, 3.8) is 0 Å². The maximum atomic E-state index is 5.57. The van der Waals surface area contributed by atoms with Gasteiger partial charge in [0.1, 0.15) is 0 Å². The van der Waals surface area contributed by atoms with E-state index < -0.39 is 0 Å². The Morgan fingerprint density at radius 2 is 2.40 bits per heavy atom. The third-order valence-electron chi connectivity index (χ3n) is 2.50. The van der Waals surface area contributed by atoms with Gasteiger partial charge in [-0.3, -0.25) is 0 Å². The Morgan fingerprint density at radius 3 is 2.93 bits per heavy atom. The Hall–Kier alpha value is -0.480. The van der Waals surface area contributed by atoms with Crippen molar-refractivity contribution in [2.75, 3.05) is 6.54 Å². The second-order valence-electron chi connectivity index (χ2n) is 4.04. The Labute approximate surface area is 97.6 Å². The zero-order valence-electron chi connectivity index (χ0n) is 9.58. The Kier molecular flexibility index (Phi) is 5.19. The first-order valence-electron chi connectivity index (χ1n) is 5.58. The van der Waals surface area contributed by atoms with Gasteiger partial charge in [0.25, 0.3) is 0 Å². The van der Waals surface area contributed by atoms with Crippen LogP contribution in [0.4, 0.5) is 0 Å². The van der Waals surface area contributed by atoms with Crippen LogP contribution >= 0.6 is 12.6 Å². The predicted octanol–water partition coefficient (Wildman–Crippen LogP) is 2.06. The molecule has 0 aromatic rings. The Morgan fingerprint density at radius 1 is 1.67 bits per heavy atom. The number of rotatable bonds is 4. The van der Waals surface area contributed by atoms with Crippen molar-refractivity contribution >= 4 is 18.5 Å². The van der Waals surface area contributed by atoms with Crippen molar-refractivity contribution in [3.05, 3.63) is 10.6 Å². The molecule has 86 valence electrons. The van der Waals surface area contributed by atoms with Crippen LogP contribution in [-0.4, -0.2) is 18.4 Å². The van der Waals surface area contributed by atoms with E-state index in [1.165, 1.54) is 6.42 Å². The van der Waals surface area contributed by atoms with Gasteiger partial charge in [-0.05, 0) is 39.2 Å². The monoisotopic (exact) mass is 227 g/mol. The standard InChI is InChI=1S/C11H21N3S/c1-3-6-13-9-4-5-10(11(15)7-9)14-8(2)12/h9,13,15H,3-7H2,1-2H3,(H2,12,14). The van der Waals surface area contributed by atoms with E-state index >= 15 is 0 Å². The minimum atomic E-state index is 0.564. The van der Waals surface area contributed by atoms with E-state index in [0.29, 0.717) is 11.9 Å². The topological polar surface area (TPSA) is 50.4 Å². The first-order chi connectivity index (χ1) is 7.13. The molecule has 3 N–H and O–H groups in total. The molecule has 1 aliphatic rings. The maximum absolute atomic E-state index is 5.57. The third-order valence-corrected chi connectivity index (χ3v) is 2.94. The second-order valence-corrected chi connectivity index (χ2v) is 4.58. The third kappa shape index (κ3) is 4.26. The summed E-state index contributed by atoms with van der Waals surface area (Å²) >= 11 is 4.49. The van der Waals surface area contributed by atoms with E-state index in [-0.39, 0.29) is 0 Å². The van der Waals surface area contributed by atoms with Crippen LogP contribution in [0.15, 0.2) is 15.6 Å². The molecule has 0 aliphatic heterocycles. The van der Waals surface area contributed by atoms with Crippen LogP contribution < -0.4 is 11.1 Å². The highest BCUT2D eigenvalue weighted by Crippen LogP contribution is 2.28. The van der Waals surface area contributed by atoms with Gasteiger partial charge in [-0.25, -0.2) is 4.99 Å². The van der Waals surface area contributed by atoms with E-state index in [1.54, 1.807) is 0 Å². The lowest BCUT2D eigenvalue weighted by Gasteiger charge is -2.24. The summed E-state index contributed by atoms with van der Waals surface area (Å²) in [6, 6.07) is 0.564. The zero-order valence-corrected chi connectivity index (χ0v) is 10.5. The predicted molar refractivity (Wildman–Crippen MR) is 69.2 cm³/mol. The first kappa shape index (κ1) is 12.6. The lowest BCUT2D eigenvalue weighted by atomic mass is 9.99. The van der Waals surface area contributed by atoms with Crippen LogP contribution in [0.25, 0.3) is 0 Å². The van der Waals surface area contributed by atoms with Gasteiger partial charge in [0.2, 0.25) is 0 Å². The van der Waals surface area contributed by atoms with E-state index in [4.69, 9.17) is 5.73 Å². The van der Waals surface area contributed by atoms with Crippen molar-refractivity contribution in [3.8, 4) is 0 Å². The summed E-state index contributed by atoms with van der Waals surface area (Å²) in [6.07, 6.45) is 4.27. The Bertz CT molecular complexity index is 267. The molecule has 0 bridgehead atoms. The molecule has 0 amide bonds. The molecule has 15 heavy (non-hydrogen) atoms. The molecule has 0 aromatic heterocycles. The van der Waals surface area contributed by atoms with E-state index in [2.05, 4.69) is 29.9 Å². The molecular weight excluding hydrogens is 206 g/mol. The molecule has 1 aliphatic carbocycles. The molecule has 0 heterocycles. The average Bonchev–Trinajstić information content (AvgIpc) is 2.18. The van der Waals surface area contributed by atoms with E-state index in [9.17, 15) is 0 Å². The van der Waals surface area contributed by atoms with Crippen LogP contribution in [-0.2, 0) is 0 Å². The number of nitrogens with one attached hydrogen (secondary N) is 1. The highest BCUT2D eigenvalue weighted by molar-refractivity contribution is 7.84. The van der Waals surface area contributed by atoms with Gasteiger partial charge in [0, 0.05) is 10.9 Å². The molecule has 0 radical (unpaired) electrons. The number of nitrogens with zero attached hydrogens (tertiary/aromatic N) is 1. The van der Waals surface area contributed by atoms with Crippen LogP contribution in [0.2, 0.25) is 0 Å². The summed E-state index contributed by atoms with van der Waals surface area (Å²) in [7, 11) is 0. The molecular formula is C11H21N3S. The normalized spacial score (nSPS) is 23.4. The second kappa shape index (κ2) is 6.18. The molecule has 0 spiro atoms. The summed E-state index contributed by atoms with van der Waals surface area (Å²) in [4.78, 5) is 5.39. The summed E-state index contributed by atoms with van der Waals surface area (Å²) in [5.41, 5.74) is 6.63. The summed E-state index contributed by atoms with van der Waals surface area (Å²) in [5, 5.41) is 3.51. The van der Waals surface area contributed by atoms with Crippen LogP contribution in [0.1, 0.15) is 39.5 Å². The van der Waals surface area contributed by atoms with Crippen molar-refractivity contribution in [2.24, 2.45) is 10.7 Å². The molecule has 1 atom stereocenters. The molecule has 4 heteroatoms. The fourth-order valence-electron chi connectivity index (χ4n) is 1.76. The van der Waals surface area contributed by atoms with Crippen molar-refractivity contribution in [1.82, 2.24) is 5.32 Å². The van der Waals surface area contributed by atoms with Crippen molar-refractivity contribution in [2.45, 2.75) is 45.6 Å². The minimum absolute atomic E-state index is 0.564. The maximum Gasteiger partial charge on any atom is 0.0961 e. The van der Waals surface area contributed by atoms with Crippen LogP contribution in [0.5, 0.6) is 0 Å². The van der Waals surface area contributed by atoms with Gasteiger partial charge < -0.3 is 11.1 Å². The SMILES string of the molecule is CCCNC1CCC(N=C(C)N)=C(S)C1. The molecule has 0 fully saturated rings. The summed E-state index contributed by atoms with van der Waals surface area (Å²) in [5.74, 6) is 0.622. The molecule has 0 saturated heterocycles. The van der Waals surface area contributed by atoms with Gasteiger partial charge in [-0.2, -0.15) is 0 Å². The van der Waals surface area contributed by atoms with E-state index in [0.717, 1.165) is 36.4 Å². The zero-order chi connectivity index (χ0) is 11.3. The van der Waals surface area contributed by atoms with Crippen molar-refractivity contribution in [1.29, 1.82) is 0 Å². The summed E-state index contributed by atoms with van der Waals surface area (Å²) in [6.45, 7) is 5.08. The lowest BCUT2D eigenvalue weighted by molar-refractivity contribution is 0.464. The van der Waals surface area contributed by atoms with Gasteiger partial charge in [-0.15, -0.1) is 12.6 Å². The first-order valence-corrected chi connectivity index (χ1v) is 6.03. The lowest BCUT2D eigenvalue weighted by Crippen LogP contribution is -2.31. The van der Waals surface area contributed by atoms with Gasteiger partial charge in [-0.1, -0.05) is 6.92 Å². The average molecular weight is 227 g/mol. The fourth-order valence-corrected chi connectivity index (χ4v) is 2.15. The number of hydrogen-bond donors (Lipinski definition) is 3. The molecule has 3 nitrogen and oxygen atoms in total. The number of hydrogen-bond acceptors (Lipinski definition) is 3. The smallest absolute Gasteiger partial charge is 0.0961 e. The molecule has 0 aromatic carbocycles. The Balaban J connectivity index is 2.54. The largest absolute Gasteiger partial charge is 0.387 e. The summed E-state index contributed by atoms with van der Waals surface area (Å²) < 4.78 is 0.